The van der Waals surface area contributed by atoms with Crippen molar-refractivity contribution in [1.82, 2.24) is 57.0 Å². The van der Waals surface area contributed by atoms with E-state index in [2.05, 4.69) is 144 Å². The minimum atomic E-state index is -0.731. The van der Waals surface area contributed by atoms with Crippen LogP contribution in [0.5, 0.6) is 0 Å². The summed E-state index contributed by atoms with van der Waals surface area (Å²) in [5, 5.41) is 13.8. The average molecular weight is 1480 g/mol. The van der Waals surface area contributed by atoms with Gasteiger partial charge < -0.3 is 38.7 Å². The molecule has 3 aromatic carbocycles. The first kappa shape index (κ1) is 73.0. The van der Waals surface area contributed by atoms with Crippen molar-refractivity contribution in [2.75, 3.05) is 79.7 Å². The average Bonchev–Trinajstić information content (AvgIpc) is 1.62. The number of allylic oxidation sites excluding steroid dienone is 1. The van der Waals surface area contributed by atoms with Gasteiger partial charge in [-0.1, -0.05) is 115 Å². The Labute approximate surface area is 600 Å². The smallest absolute Gasteiger partial charge is 0.400 e. The van der Waals surface area contributed by atoms with Crippen molar-refractivity contribution in [1.29, 1.82) is 0 Å². The Bertz CT molecular complexity index is 3760. The SMILES string of the molecule is Brc1cnsc1.C/C=C/[PH+](c1ccccc1)c1ccccc1.C=CCON1C(=O)N2CC=C(B3OC(C)(C)C(C)(C)O3)C1C2.C=CCON1C(=O)N2CC=C(c3cnsc3)C1C2.CN1C(=O)N2CC=C(c3cnsc3)C1C2.CN1C(=O)N2CC=C(c3cnsc3)C1C2.c1ccccc1. The molecule has 27 heteroatoms. The fourth-order valence-electron chi connectivity index (χ4n) is 12.0. The standard InChI is InChI=1S/C15H23BN2O4.C15H15P.C12H13N3O2S.2C10H11N3OS.C6H6.C3H2BrNS/c1-6-9-20-18-12-10-17(13(18)19)8-7-11(12)16-21-14(2,3)15(4,5)22-16;1-2-13-16(14-9-5-3-6-10-14)15-11-7-4-8-12-15;1-2-5-17-15-11-7-14(12(15)16)4-3-10(11)9-6-13-18-8-9;2*1-12-9-5-13(10(12)14)3-2-8(9)7-4-11-15-6-7;1-2-4-6-5-3-1;4-3-1-5-6-2-3/h6-7,12H,1,8-10H2,2-5H3;2-13H,1H3;2-3,6,8,11H,1,4-5,7H2;2*2,4,6,9H,3,5H2,1H3;1-6H;1-2H/p+1/b;13-2+;;;;;. The van der Waals surface area contributed by atoms with E-state index in [0.717, 1.165) is 58.4 Å². The molecular weight excluding hydrogens is 1400 g/mol. The number of nitrogens with zero attached hydrogens (tertiary/aromatic N) is 12. The van der Waals surface area contributed by atoms with E-state index in [9.17, 15) is 19.2 Å². The van der Waals surface area contributed by atoms with Gasteiger partial charge in [-0.3, -0.25) is 9.68 Å². The van der Waals surface area contributed by atoms with Gasteiger partial charge in [-0.2, -0.15) is 14.5 Å². The van der Waals surface area contributed by atoms with Gasteiger partial charge in [0.25, 0.3) is 0 Å². The summed E-state index contributed by atoms with van der Waals surface area (Å²) in [7, 11) is 2.56. The minimum Gasteiger partial charge on any atom is -0.400 e. The van der Waals surface area contributed by atoms with Crippen LogP contribution < -0.4 is 10.6 Å². The Balaban J connectivity index is 0.000000128. The fourth-order valence-corrected chi connectivity index (χ4v) is 16.7. The monoisotopic (exact) mass is 1480 g/mol. The number of carbonyl (C=O) groups excluding carboxylic acids is 4. The minimum absolute atomic E-state index is 0.0393. The number of likely N-dealkylation sites (N-methyl/N-ethyl adjacent to an activating group) is 2. The number of halogens is 1. The summed E-state index contributed by atoms with van der Waals surface area (Å²) >= 11 is 8.99. The van der Waals surface area contributed by atoms with Crippen molar-refractivity contribution in [3.05, 3.63) is 232 Å². The number of amides is 8. The van der Waals surface area contributed by atoms with Crippen molar-refractivity contribution >= 4 is 129 Å². The van der Waals surface area contributed by atoms with Crippen molar-refractivity contribution < 1.29 is 38.2 Å². The van der Waals surface area contributed by atoms with Gasteiger partial charge in [0.2, 0.25) is 0 Å². The van der Waals surface area contributed by atoms with Gasteiger partial charge in [0.15, 0.2) is 0 Å². The van der Waals surface area contributed by atoms with E-state index in [1.807, 2.05) is 144 Å². The fraction of sp³-hybridized carbons (Fsp3) is 0.324. The Morgan fingerprint density at radius 1 is 0.531 bits per heavy atom. The highest BCUT2D eigenvalue weighted by atomic mass is 79.9. The van der Waals surface area contributed by atoms with Gasteiger partial charge in [0, 0.05) is 121 Å². The molecule has 13 heterocycles. The van der Waals surface area contributed by atoms with Gasteiger partial charge in [0.05, 0.1) is 69.0 Å². The molecule has 0 spiro atoms. The van der Waals surface area contributed by atoms with Crippen molar-refractivity contribution in [2.45, 2.75) is 70.0 Å². The summed E-state index contributed by atoms with van der Waals surface area (Å²) in [6.45, 7) is 23.6. The van der Waals surface area contributed by atoms with E-state index in [0.29, 0.717) is 39.4 Å². The number of hydroxylamine groups is 4. The molecule has 0 radical (unpaired) electrons. The first-order valence-electron chi connectivity index (χ1n) is 32.1. The van der Waals surface area contributed by atoms with Gasteiger partial charge in [-0.05, 0) is 143 Å². The molecule has 9 aliphatic rings. The largest absolute Gasteiger partial charge is 0.492 e. The van der Waals surface area contributed by atoms with Crippen LogP contribution in [0, 0.1) is 0 Å². The van der Waals surface area contributed by atoms with Crippen molar-refractivity contribution in [3.8, 4) is 0 Å². The molecule has 8 bridgehead atoms. The molecule has 5 saturated heterocycles. The molecule has 4 unspecified atom stereocenters. The number of carbonyl (C=O) groups is 4. The predicted molar refractivity (Wildman–Crippen MR) is 401 cm³/mol. The molecule has 5 fully saturated rings. The molecule has 20 nitrogen and oxygen atoms in total. The Kier molecular flexibility index (Phi) is 25.6. The van der Waals surface area contributed by atoms with Crippen LogP contribution >= 0.6 is 70.0 Å². The third kappa shape index (κ3) is 17.4. The number of aromatic nitrogens is 4. The van der Waals surface area contributed by atoms with Crippen molar-refractivity contribution in [3.63, 3.8) is 0 Å². The molecule has 9 aliphatic heterocycles. The lowest BCUT2D eigenvalue weighted by molar-refractivity contribution is -0.109. The van der Waals surface area contributed by atoms with Crippen LogP contribution in [0.1, 0.15) is 51.3 Å². The van der Waals surface area contributed by atoms with Crippen molar-refractivity contribution in [2.24, 2.45) is 0 Å². The van der Waals surface area contributed by atoms with E-state index in [1.54, 1.807) is 28.1 Å². The first-order valence-corrected chi connectivity index (χ1v) is 37.8. The van der Waals surface area contributed by atoms with Gasteiger partial charge >= 0.3 is 31.2 Å². The number of hydrogen-bond acceptors (Lipinski definition) is 16. The first-order chi connectivity index (χ1) is 47.4. The maximum Gasteiger partial charge on any atom is 0.492 e. The van der Waals surface area contributed by atoms with E-state index in [4.69, 9.17) is 19.0 Å². The lowest BCUT2D eigenvalue weighted by Gasteiger charge is -2.32. The maximum atomic E-state index is 12.3. The molecule has 0 aliphatic carbocycles. The highest BCUT2D eigenvalue weighted by molar-refractivity contribution is 9.10. The molecular formula is C71H82BBrN12O8PS4+. The van der Waals surface area contributed by atoms with Crippen LogP contribution in [0.4, 0.5) is 19.2 Å². The lowest BCUT2D eigenvalue weighted by atomic mass is 9.72. The van der Waals surface area contributed by atoms with E-state index < -0.39 is 26.2 Å². The molecule has 8 amide bonds. The Morgan fingerprint density at radius 3 is 1.26 bits per heavy atom. The number of rotatable bonds is 13. The van der Waals surface area contributed by atoms with Gasteiger partial charge in [-0.25, -0.2) is 32.3 Å². The van der Waals surface area contributed by atoms with E-state index in [1.165, 1.54) is 78.0 Å². The highest BCUT2D eigenvalue weighted by Gasteiger charge is 2.57. The summed E-state index contributed by atoms with van der Waals surface area (Å²) in [5.74, 6) is 2.34. The lowest BCUT2D eigenvalue weighted by Crippen LogP contribution is -2.41. The zero-order chi connectivity index (χ0) is 69.3. The van der Waals surface area contributed by atoms with E-state index >= 15 is 0 Å². The summed E-state index contributed by atoms with van der Waals surface area (Å²) in [4.78, 5) is 69.7. The second-order valence-corrected chi connectivity index (χ2v) is 30.4. The normalized spacial score (nSPS) is 21.1. The van der Waals surface area contributed by atoms with Crippen LogP contribution in [-0.2, 0) is 19.0 Å². The van der Waals surface area contributed by atoms with Crippen LogP contribution in [0.2, 0.25) is 0 Å². The molecule has 512 valence electrons. The third-order valence-corrected chi connectivity index (χ3v) is 23.5. The molecule has 98 heavy (non-hydrogen) atoms. The van der Waals surface area contributed by atoms with Crippen LogP contribution in [0.25, 0.3) is 16.7 Å². The zero-order valence-electron chi connectivity index (χ0n) is 56.0. The summed E-state index contributed by atoms with van der Waals surface area (Å²) < 4.78 is 29.4. The number of urea groups is 4. The quantitative estimate of drug-likeness (QED) is 0.0606. The number of fused-ring (bicyclic) bond motifs is 8. The van der Waals surface area contributed by atoms with Gasteiger partial charge in [-0.15, -0.1) is 13.2 Å². The molecule has 4 atom stereocenters. The second kappa shape index (κ2) is 34.4. The van der Waals surface area contributed by atoms with E-state index in [-0.39, 0.29) is 48.3 Å². The van der Waals surface area contributed by atoms with Crippen LogP contribution in [0.15, 0.2) is 215 Å². The van der Waals surface area contributed by atoms with Gasteiger partial charge in [0.1, 0.15) is 16.7 Å². The summed E-state index contributed by atoms with van der Waals surface area (Å²) in [6.07, 6.45) is 21.2. The molecule has 7 aromatic rings. The third-order valence-electron chi connectivity index (χ3n) is 17.8. The molecule has 4 aromatic heterocycles. The zero-order valence-corrected chi connectivity index (χ0v) is 61.8. The highest BCUT2D eigenvalue weighted by Crippen LogP contribution is 2.42. The molecule has 0 saturated carbocycles. The van der Waals surface area contributed by atoms with Crippen LogP contribution in [-0.4, -0.2) is 203 Å². The molecule has 16 rings (SSSR count). The predicted octanol–water partition coefficient (Wildman–Crippen LogP) is 13.1. The Morgan fingerprint density at radius 2 is 0.888 bits per heavy atom. The molecule has 0 N–H and O–H groups in total. The van der Waals surface area contributed by atoms with Crippen LogP contribution in [0.3, 0.4) is 0 Å². The summed E-state index contributed by atoms with van der Waals surface area (Å²) in [6, 6.07) is 33.8. The number of hydrogen-bond donors (Lipinski definition) is 0. The topological polar surface area (TPSA) is 183 Å². The Hall–Kier alpha value is -7.75. The maximum absolute atomic E-state index is 12.3. The second-order valence-electron chi connectivity index (χ2n) is 24.5. The summed E-state index contributed by atoms with van der Waals surface area (Å²) in [5.41, 5.74) is 7.17. The number of benzene rings is 3.